The molecule has 0 N–H and O–H groups in total. The Kier molecular flexibility index (Phi) is 5.38. The van der Waals surface area contributed by atoms with Crippen LogP contribution in [0.1, 0.15) is 25.3 Å². The normalized spacial score (nSPS) is 9.93. The fourth-order valence-corrected chi connectivity index (χ4v) is 1.88. The molecule has 73 valence electrons. The second-order valence-electron chi connectivity index (χ2n) is 3.74. The van der Waals surface area contributed by atoms with Crippen molar-refractivity contribution in [3.63, 3.8) is 0 Å². The number of benzene rings is 2. The molecule has 15 heavy (non-hydrogen) atoms. The van der Waals surface area contributed by atoms with E-state index in [4.69, 9.17) is 0 Å². The van der Waals surface area contributed by atoms with Crippen molar-refractivity contribution < 1.29 is 0 Å². The van der Waals surface area contributed by atoms with Crippen LogP contribution in [-0.2, 0) is 6.42 Å². The minimum atomic E-state index is 0. The van der Waals surface area contributed by atoms with Gasteiger partial charge in [-0.1, -0.05) is 55.8 Å². The largest absolute Gasteiger partial charge is 0.0654 e. The van der Waals surface area contributed by atoms with E-state index in [2.05, 4.69) is 49.4 Å². The molecule has 0 atom stereocenters. The zero-order valence-electron chi connectivity index (χ0n) is 9.66. The van der Waals surface area contributed by atoms with E-state index >= 15 is 0 Å². The van der Waals surface area contributed by atoms with Crippen LogP contribution in [0.5, 0.6) is 0 Å². The molecule has 2 aromatic rings. The monoisotopic (exact) mass is 207 g/mol. The Bertz CT molecular complexity index is 415. The van der Waals surface area contributed by atoms with Crippen molar-refractivity contribution in [2.45, 2.75) is 26.2 Å². The first-order valence-corrected chi connectivity index (χ1v) is 5.38. The summed E-state index contributed by atoms with van der Waals surface area (Å²) in [7, 11) is 0. The Labute approximate surface area is 114 Å². The summed E-state index contributed by atoms with van der Waals surface area (Å²) < 4.78 is 0. The van der Waals surface area contributed by atoms with E-state index in [1.165, 1.54) is 35.6 Å². The molecule has 0 spiro atoms. The molecule has 0 unspecified atom stereocenters. The molecule has 0 aliphatic carbocycles. The van der Waals surface area contributed by atoms with Crippen LogP contribution in [-0.4, -0.2) is 29.6 Å². The number of aryl methyl sites for hydroxylation is 1. The molecule has 0 bridgehead atoms. The van der Waals surface area contributed by atoms with E-state index < -0.39 is 0 Å². The van der Waals surface area contributed by atoms with Crippen molar-refractivity contribution in [3.8, 4) is 0 Å². The minimum Gasteiger partial charge on any atom is -0.0654 e. The summed E-state index contributed by atoms with van der Waals surface area (Å²) >= 11 is 0. The van der Waals surface area contributed by atoms with Crippen molar-refractivity contribution in [3.05, 3.63) is 48.0 Å². The number of hydrogen-bond acceptors (Lipinski definition) is 0. The van der Waals surface area contributed by atoms with E-state index in [-0.39, 0.29) is 29.6 Å². The predicted octanol–water partition coefficient (Wildman–Crippen LogP) is 3.80. The smallest absolute Gasteiger partial charge is 0 e. The van der Waals surface area contributed by atoms with Gasteiger partial charge in [-0.15, -0.1) is 0 Å². The first-order chi connectivity index (χ1) is 6.92. The molecular weight excluding hydrogens is 191 g/mol. The van der Waals surface area contributed by atoms with Crippen LogP contribution >= 0.6 is 0 Å². The average Bonchev–Trinajstić information content (AvgIpc) is 2.26. The van der Waals surface area contributed by atoms with Gasteiger partial charge in [0.25, 0.3) is 0 Å². The predicted molar refractivity (Wildman–Crippen MR) is 68.3 cm³/mol. The van der Waals surface area contributed by atoms with Crippen LogP contribution < -0.4 is 0 Å². The summed E-state index contributed by atoms with van der Waals surface area (Å²) in [5, 5.41) is 2.78. The van der Waals surface area contributed by atoms with Gasteiger partial charge in [-0.3, -0.25) is 0 Å². The molecule has 2 rings (SSSR count). The number of fused-ring (bicyclic) bond motifs is 1. The summed E-state index contributed by atoms with van der Waals surface area (Å²) in [6, 6.07) is 15.2. The third-order valence-electron chi connectivity index (χ3n) is 2.68. The molecular formula is C14H16Na. The fourth-order valence-electron chi connectivity index (χ4n) is 1.88. The Balaban J connectivity index is 0.00000112. The number of hydrogen-bond donors (Lipinski definition) is 0. The molecule has 0 aliphatic heterocycles. The molecule has 0 saturated heterocycles. The van der Waals surface area contributed by atoms with Gasteiger partial charge < -0.3 is 0 Å². The summed E-state index contributed by atoms with van der Waals surface area (Å²) in [5.41, 5.74) is 1.49. The average molecular weight is 207 g/mol. The maximum atomic E-state index is 2.25. The van der Waals surface area contributed by atoms with Crippen LogP contribution in [0.4, 0.5) is 0 Å². The standard InChI is InChI=1S/C14H16.Na/c1-2-3-7-12-9-6-10-13-8-4-5-11-14(12)13;/h4-6,8-11H,2-3,7H2,1H3;. The van der Waals surface area contributed by atoms with Gasteiger partial charge in [0, 0.05) is 29.6 Å². The second-order valence-corrected chi connectivity index (χ2v) is 3.74. The number of rotatable bonds is 3. The van der Waals surface area contributed by atoms with E-state index in [0.29, 0.717) is 0 Å². The summed E-state index contributed by atoms with van der Waals surface area (Å²) in [5.74, 6) is 0. The molecule has 1 heteroatoms. The van der Waals surface area contributed by atoms with Crippen molar-refractivity contribution in [1.29, 1.82) is 0 Å². The molecule has 0 nitrogen and oxygen atoms in total. The van der Waals surface area contributed by atoms with Gasteiger partial charge >= 0.3 is 0 Å². The van der Waals surface area contributed by atoms with E-state index in [0.717, 1.165) is 0 Å². The van der Waals surface area contributed by atoms with Gasteiger partial charge in [0.05, 0.1) is 0 Å². The van der Waals surface area contributed by atoms with Gasteiger partial charge in [-0.25, -0.2) is 0 Å². The molecule has 1 radical (unpaired) electrons. The SMILES string of the molecule is CCCCc1cccc2ccccc12.[Na]. The molecule has 2 aromatic carbocycles. The van der Waals surface area contributed by atoms with Crippen molar-refractivity contribution in [2.75, 3.05) is 0 Å². The van der Waals surface area contributed by atoms with Gasteiger partial charge in [0.15, 0.2) is 0 Å². The van der Waals surface area contributed by atoms with E-state index in [9.17, 15) is 0 Å². The number of unbranched alkanes of at least 4 members (excludes halogenated alkanes) is 1. The Morgan fingerprint density at radius 3 is 2.47 bits per heavy atom. The Morgan fingerprint density at radius 1 is 0.933 bits per heavy atom. The summed E-state index contributed by atoms with van der Waals surface area (Å²) in [6.45, 7) is 2.24. The van der Waals surface area contributed by atoms with Gasteiger partial charge in [0.2, 0.25) is 0 Å². The summed E-state index contributed by atoms with van der Waals surface area (Å²) in [6.07, 6.45) is 3.76. The van der Waals surface area contributed by atoms with Crippen LogP contribution in [0.3, 0.4) is 0 Å². The fraction of sp³-hybridized carbons (Fsp3) is 0.286. The molecule has 0 amide bonds. The van der Waals surface area contributed by atoms with E-state index in [1.54, 1.807) is 0 Å². The van der Waals surface area contributed by atoms with Crippen molar-refractivity contribution >= 4 is 40.3 Å². The van der Waals surface area contributed by atoms with Crippen LogP contribution in [0.2, 0.25) is 0 Å². The van der Waals surface area contributed by atoms with E-state index in [1.807, 2.05) is 0 Å². The maximum Gasteiger partial charge on any atom is 0 e. The van der Waals surface area contributed by atoms with Gasteiger partial charge in [0.1, 0.15) is 0 Å². The molecule has 0 aromatic heterocycles. The minimum absolute atomic E-state index is 0. The van der Waals surface area contributed by atoms with Gasteiger partial charge in [-0.2, -0.15) is 0 Å². The topological polar surface area (TPSA) is 0 Å². The first kappa shape index (κ1) is 12.8. The van der Waals surface area contributed by atoms with Crippen LogP contribution in [0.15, 0.2) is 42.5 Å². The zero-order valence-corrected chi connectivity index (χ0v) is 11.7. The molecule has 0 saturated carbocycles. The molecule has 0 heterocycles. The van der Waals surface area contributed by atoms with Crippen LogP contribution in [0, 0.1) is 0 Å². The van der Waals surface area contributed by atoms with Gasteiger partial charge in [-0.05, 0) is 29.2 Å². The third-order valence-corrected chi connectivity index (χ3v) is 2.68. The van der Waals surface area contributed by atoms with Crippen LogP contribution in [0.25, 0.3) is 10.8 Å². The second kappa shape index (κ2) is 6.32. The Hall–Kier alpha value is -0.300. The van der Waals surface area contributed by atoms with Crippen molar-refractivity contribution in [1.82, 2.24) is 0 Å². The van der Waals surface area contributed by atoms with Crippen molar-refractivity contribution in [2.24, 2.45) is 0 Å². The zero-order chi connectivity index (χ0) is 9.80. The quantitative estimate of drug-likeness (QED) is 0.671. The Morgan fingerprint density at radius 2 is 1.67 bits per heavy atom. The first-order valence-electron chi connectivity index (χ1n) is 5.38. The maximum absolute atomic E-state index is 2.25. The third kappa shape index (κ3) is 3.07. The molecule has 0 fully saturated rings. The summed E-state index contributed by atoms with van der Waals surface area (Å²) in [4.78, 5) is 0. The molecule has 0 aliphatic rings.